The molecule has 1 aromatic carbocycles. The molecule has 0 radical (unpaired) electrons. The molecule has 20 heavy (non-hydrogen) atoms. The highest BCUT2D eigenvalue weighted by molar-refractivity contribution is 7.86. The third kappa shape index (κ3) is 3.15. The van der Waals surface area contributed by atoms with Crippen molar-refractivity contribution < 1.29 is 31.6 Å². The smallest absolute Gasteiger partial charge is 0.340 e. The molecule has 0 saturated carbocycles. The summed E-state index contributed by atoms with van der Waals surface area (Å²) in [5.74, 6) is -1.73. The molecule has 0 aliphatic carbocycles. The topological polar surface area (TPSA) is 107 Å². The summed E-state index contributed by atoms with van der Waals surface area (Å²) in [6, 6.07) is 1.15. The number of benzene rings is 1. The van der Waals surface area contributed by atoms with Crippen molar-refractivity contribution in [2.75, 3.05) is 0 Å². The van der Waals surface area contributed by atoms with Crippen LogP contribution in [0.15, 0.2) is 11.0 Å². The maximum Gasteiger partial charge on any atom is 0.340 e. The van der Waals surface area contributed by atoms with Crippen molar-refractivity contribution in [2.24, 2.45) is 0 Å². The molecule has 0 amide bonds. The zero-order valence-corrected chi connectivity index (χ0v) is 13.7. The summed E-state index contributed by atoms with van der Waals surface area (Å²) in [4.78, 5) is 22.7. The normalized spacial score (nSPS) is 11.1. The van der Waals surface area contributed by atoms with E-state index in [1.54, 1.807) is 18.9 Å². The van der Waals surface area contributed by atoms with Crippen molar-refractivity contribution in [3.8, 4) is 0 Å². The number of carbonyl (C=O) groups excluding carboxylic acids is 2. The van der Waals surface area contributed by atoms with Gasteiger partial charge in [0.15, 0.2) is 0 Å². The predicted molar refractivity (Wildman–Crippen MR) is 76.0 cm³/mol. The Labute approximate surface area is 120 Å². The van der Waals surface area contributed by atoms with E-state index < -0.39 is 27.0 Å². The average Bonchev–Trinajstić information content (AvgIpc) is 2.35. The Kier molecular flexibility index (Phi) is 5.21. The number of hydrogen-bond donors (Lipinski definition) is 1. The Balaban J connectivity index is 3.84. The van der Waals surface area contributed by atoms with E-state index in [9.17, 15) is 22.6 Å². The molecule has 0 aromatic heterocycles. The van der Waals surface area contributed by atoms with Gasteiger partial charge in [-0.15, -0.1) is 0 Å². The first kappa shape index (κ1) is 17.0. The molecule has 0 heterocycles. The highest BCUT2D eigenvalue weighted by atomic mass is 32.2. The first-order valence-electron chi connectivity index (χ1n) is 5.09. The van der Waals surface area contributed by atoms with Gasteiger partial charge in [-0.25, -0.2) is 9.59 Å². The third-order valence-corrected chi connectivity index (χ3v) is 4.25. The van der Waals surface area contributed by atoms with Crippen molar-refractivity contribution in [1.82, 2.24) is 0 Å². The van der Waals surface area contributed by atoms with E-state index in [0.717, 1.165) is 6.07 Å². The van der Waals surface area contributed by atoms with E-state index in [1.807, 2.05) is 0 Å². The first-order chi connectivity index (χ1) is 9.15. The molecule has 0 aliphatic heterocycles. The van der Waals surface area contributed by atoms with Crippen LogP contribution in [0.2, 0.25) is 0 Å². The molecule has 110 valence electrons. The van der Waals surface area contributed by atoms with Gasteiger partial charge in [0.25, 0.3) is 10.1 Å². The fourth-order valence-corrected chi connectivity index (χ4v) is 3.07. The van der Waals surface area contributed by atoms with E-state index >= 15 is 0 Å². The van der Waals surface area contributed by atoms with Crippen LogP contribution in [0.5, 0.6) is 0 Å². The molecule has 2 atom stereocenters. The molecule has 0 saturated heterocycles. The minimum absolute atomic E-state index is 0.0160. The average molecular weight is 338 g/mol. The summed E-state index contributed by atoms with van der Waals surface area (Å²) in [5, 5.41) is 0. The highest BCUT2D eigenvalue weighted by Gasteiger charge is 2.27. The molecule has 0 aliphatic rings. The second-order valence-corrected chi connectivity index (χ2v) is 5.67. The van der Waals surface area contributed by atoms with Gasteiger partial charge in [-0.05, 0) is 31.0 Å². The fourth-order valence-electron chi connectivity index (χ4n) is 1.82. The maximum absolute atomic E-state index is 11.6. The molecule has 7 nitrogen and oxygen atoms in total. The highest BCUT2D eigenvalue weighted by Crippen LogP contribution is 2.28. The Morgan fingerprint density at radius 3 is 1.65 bits per heavy atom. The first-order valence-corrected chi connectivity index (χ1v) is 7.47. The summed E-state index contributed by atoms with van der Waals surface area (Å²) >= 11 is 0. The largest absolute Gasteiger partial charge is 0.448 e. The molecule has 1 aromatic rings. The van der Waals surface area contributed by atoms with Gasteiger partial charge >= 0.3 is 11.9 Å². The zero-order valence-electron chi connectivity index (χ0n) is 10.5. The molecule has 1 rings (SSSR count). The Bertz CT molecular complexity index is 641. The lowest BCUT2D eigenvalue weighted by atomic mass is 10.00. The van der Waals surface area contributed by atoms with E-state index in [1.165, 1.54) is 13.8 Å². The summed E-state index contributed by atoms with van der Waals surface area (Å²) < 4.78 is 41.0. The van der Waals surface area contributed by atoms with Crippen molar-refractivity contribution in [2.45, 2.75) is 18.7 Å². The van der Waals surface area contributed by atoms with Crippen LogP contribution >= 0.6 is 18.9 Å². The fraction of sp³-hybridized carbons (Fsp3) is 0.200. The lowest BCUT2D eigenvalue weighted by Gasteiger charge is -2.14. The van der Waals surface area contributed by atoms with E-state index in [0.29, 0.717) is 0 Å². The second kappa shape index (κ2) is 6.14. The Morgan fingerprint density at radius 2 is 1.40 bits per heavy atom. The maximum atomic E-state index is 11.6. The molecule has 1 N–H and O–H groups in total. The Hall–Kier alpha value is -1.07. The van der Waals surface area contributed by atoms with Crippen molar-refractivity contribution >= 4 is 41.0 Å². The number of rotatable bonds is 3. The second-order valence-electron chi connectivity index (χ2n) is 3.84. The molecule has 2 unspecified atom stereocenters. The standard InChI is InChI=1S/C10H12O7P2S/c1-4-6(9(11)16-18)3-7(10(12)17-19)5(2)8(4)20(13,14)15/h3H,18-19H2,1-2H3,(H,13,14,15). The van der Waals surface area contributed by atoms with E-state index in [-0.39, 0.29) is 22.3 Å². The quantitative estimate of drug-likeness (QED) is 0.656. The molecule has 0 bridgehead atoms. The van der Waals surface area contributed by atoms with Gasteiger partial charge in [0.05, 0.1) is 30.1 Å². The molecule has 0 spiro atoms. The van der Waals surface area contributed by atoms with Gasteiger partial charge in [0, 0.05) is 0 Å². The lowest BCUT2D eigenvalue weighted by Crippen LogP contribution is -2.14. The van der Waals surface area contributed by atoms with Gasteiger partial charge in [-0.2, -0.15) is 8.42 Å². The summed E-state index contributed by atoms with van der Waals surface area (Å²) in [7, 11) is -1.18. The van der Waals surface area contributed by atoms with Crippen LogP contribution < -0.4 is 0 Å². The van der Waals surface area contributed by atoms with Crippen LogP contribution in [0.3, 0.4) is 0 Å². The van der Waals surface area contributed by atoms with Crippen LogP contribution in [-0.2, 0) is 19.2 Å². The third-order valence-electron chi connectivity index (χ3n) is 2.69. The summed E-state index contributed by atoms with van der Waals surface area (Å²) in [5.41, 5.74) is -0.359. The minimum atomic E-state index is -4.62. The predicted octanol–water partition coefficient (Wildman–Crippen LogP) is 1.44. The SMILES string of the molecule is Cc1c(C(=O)OP)cc(C(=O)OP)c(C)c1S(=O)(=O)O. The lowest BCUT2D eigenvalue weighted by molar-refractivity contribution is 0.0764. The zero-order chi connectivity index (χ0) is 15.7. The van der Waals surface area contributed by atoms with Crippen LogP contribution in [0.4, 0.5) is 0 Å². The molecule has 0 fully saturated rings. The van der Waals surface area contributed by atoms with Crippen molar-refractivity contribution in [3.63, 3.8) is 0 Å². The van der Waals surface area contributed by atoms with Crippen molar-refractivity contribution in [3.05, 3.63) is 28.3 Å². The van der Waals surface area contributed by atoms with E-state index in [4.69, 9.17) is 0 Å². The van der Waals surface area contributed by atoms with Crippen LogP contribution in [0.25, 0.3) is 0 Å². The molecule has 10 heteroatoms. The molecular formula is C10H12O7P2S. The summed E-state index contributed by atoms with van der Waals surface area (Å²) in [6.07, 6.45) is 0. The Morgan fingerprint density at radius 1 is 1.05 bits per heavy atom. The van der Waals surface area contributed by atoms with Gasteiger partial charge in [-0.3, -0.25) is 4.55 Å². The van der Waals surface area contributed by atoms with Crippen LogP contribution in [0.1, 0.15) is 31.8 Å². The molecular weight excluding hydrogens is 326 g/mol. The van der Waals surface area contributed by atoms with Gasteiger partial charge in [0.2, 0.25) is 0 Å². The van der Waals surface area contributed by atoms with Crippen molar-refractivity contribution in [1.29, 1.82) is 0 Å². The van der Waals surface area contributed by atoms with Gasteiger partial charge < -0.3 is 9.05 Å². The minimum Gasteiger partial charge on any atom is -0.448 e. The summed E-state index contributed by atoms with van der Waals surface area (Å²) in [6.45, 7) is 2.64. The van der Waals surface area contributed by atoms with Crippen LogP contribution in [-0.4, -0.2) is 24.9 Å². The van der Waals surface area contributed by atoms with Gasteiger partial charge in [0.1, 0.15) is 4.90 Å². The number of hydrogen-bond acceptors (Lipinski definition) is 6. The monoisotopic (exact) mass is 338 g/mol. The van der Waals surface area contributed by atoms with Crippen LogP contribution in [0, 0.1) is 13.8 Å². The van der Waals surface area contributed by atoms with E-state index in [2.05, 4.69) is 9.05 Å². The number of carbonyl (C=O) groups is 2. The van der Waals surface area contributed by atoms with Gasteiger partial charge in [-0.1, -0.05) is 0 Å².